The van der Waals surface area contributed by atoms with Gasteiger partial charge in [0.1, 0.15) is 9.88 Å². The smallest absolute Gasteiger partial charge is 0.347 e. The number of nitrogens with zero attached hydrogens (tertiary/aromatic N) is 1. The molecule has 0 spiro atoms. The monoisotopic (exact) mass is 309 g/mol. The molecule has 0 radical (unpaired) electrons. The fraction of sp³-hybridized carbons (Fsp3) is 0.333. The number of thiazole rings is 1. The summed E-state index contributed by atoms with van der Waals surface area (Å²) in [5.74, 6) is -0.933. The Labute approximate surface area is 127 Å². The van der Waals surface area contributed by atoms with Gasteiger partial charge in [0.05, 0.1) is 5.69 Å². The third-order valence-corrected chi connectivity index (χ3v) is 4.45. The topological polar surface area (TPSA) is 50.2 Å². The maximum atomic E-state index is 11.4. The number of carbonyl (C=O) groups is 1. The van der Waals surface area contributed by atoms with Crippen LogP contribution < -0.4 is 0 Å². The van der Waals surface area contributed by atoms with E-state index in [0.717, 1.165) is 11.1 Å². The lowest BCUT2D eigenvalue weighted by atomic mass is 9.91. The number of aromatic carboxylic acids is 1. The van der Waals surface area contributed by atoms with Crippen molar-refractivity contribution in [3.05, 3.63) is 39.4 Å². The van der Waals surface area contributed by atoms with Crippen molar-refractivity contribution in [2.75, 3.05) is 0 Å². The van der Waals surface area contributed by atoms with Crippen molar-refractivity contribution in [3.63, 3.8) is 0 Å². The lowest BCUT2D eigenvalue weighted by molar-refractivity contribution is 0.0699. The first-order valence-corrected chi connectivity index (χ1v) is 7.40. The van der Waals surface area contributed by atoms with Crippen molar-refractivity contribution in [2.24, 2.45) is 0 Å². The van der Waals surface area contributed by atoms with Crippen molar-refractivity contribution < 1.29 is 9.90 Å². The molecule has 106 valence electrons. The van der Waals surface area contributed by atoms with Gasteiger partial charge in [0, 0.05) is 16.0 Å². The van der Waals surface area contributed by atoms with Crippen LogP contribution in [0.25, 0.3) is 10.6 Å². The van der Waals surface area contributed by atoms with Gasteiger partial charge in [-0.1, -0.05) is 44.5 Å². The Morgan fingerprint density at radius 3 is 2.45 bits per heavy atom. The molecule has 0 aliphatic heterocycles. The number of aromatic nitrogens is 1. The highest BCUT2D eigenvalue weighted by Gasteiger charge is 2.27. The molecule has 2 aromatic rings. The fourth-order valence-electron chi connectivity index (χ4n) is 1.82. The molecule has 1 aromatic carbocycles. The molecule has 0 fully saturated rings. The van der Waals surface area contributed by atoms with Gasteiger partial charge in [-0.2, -0.15) is 0 Å². The van der Waals surface area contributed by atoms with E-state index in [1.54, 1.807) is 0 Å². The van der Waals surface area contributed by atoms with Gasteiger partial charge in [0.15, 0.2) is 0 Å². The van der Waals surface area contributed by atoms with E-state index < -0.39 is 5.97 Å². The van der Waals surface area contributed by atoms with E-state index in [9.17, 15) is 9.90 Å². The van der Waals surface area contributed by atoms with E-state index >= 15 is 0 Å². The molecule has 0 amide bonds. The number of halogens is 1. The molecule has 20 heavy (non-hydrogen) atoms. The van der Waals surface area contributed by atoms with Crippen molar-refractivity contribution in [3.8, 4) is 10.6 Å². The maximum absolute atomic E-state index is 11.4. The molecular formula is C15H16ClNO2S. The molecule has 0 atom stereocenters. The van der Waals surface area contributed by atoms with Crippen LogP contribution >= 0.6 is 22.9 Å². The minimum Gasteiger partial charge on any atom is -0.477 e. The summed E-state index contributed by atoms with van der Waals surface area (Å²) in [6.45, 7) is 7.80. The first-order chi connectivity index (χ1) is 9.20. The van der Waals surface area contributed by atoms with Gasteiger partial charge in [0.2, 0.25) is 0 Å². The molecule has 0 aliphatic carbocycles. The molecule has 5 heteroatoms. The summed E-state index contributed by atoms with van der Waals surface area (Å²) in [5, 5.41) is 10.7. The van der Waals surface area contributed by atoms with Crippen LogP contribution in [0.4, 0.5) is 0 Å². The maximum Gasteiger partial charge on any atom is 0.347 e. The summed E-state index contributed by atoms with van der Waals surface area (Å²) in [7, 11) is 0. The van der Waals surface area contributed by atoms with Gasteiger partial charge in [-0.3, -0.25) is 0 Å². The highest BCUT2D eigenvalue weighted by atomic mass is 35.5. The van der Waals surface area contributed by atoms with E-state index in [1.807, 2.05) is 45.9 Å². The Hall–Kier alpha value is -1.39. The van der Waals surface area contributed by atoms with Gasteiger partial charge in [-0.15, -0.1) is 11.3 Å². The molecular weight excluding hydrogens is 294 g/mol. The Morgan fingerprint density at radius 1 is 1.35 bits per heavy atom. The molecule has 0 aliphatic rings. The Morgan fingerprint density at radius 2 is 2.00 bits per heavy atom. The number of aryl methyl sites for hydroxylation is 1. The second kappa shape index (κ2) is 5.19. The van der Waals surface area contributed by atoms with Crippen LogP contribution in [0.3, 0.4) is 0 Å². The summed E-state index contributed by atoms with van der Waals surface area (Å²) < 4.78 is 0. The van der Waals surface area contributed by atoms with Crippen LogP contribution in [0.2, 0.25) is 5.02 Å². The molecule has 1 heterocycles. The number of hydrogen-bond acceptors (Lipinski definition) is 3. The van der Waals surface area contributed by atoms with E-state index in [0.29, 0.717) is 20.6 Å². The van der Waals surface area contributed by atoms with E-state index in [-0.39, 0.29) is 5.41 Å². The van der Waals surface area contributed by atoms with Gasteiger partial charge in [-0.05, 0) is 18.6 Å². The summed E-state index contributed by atoms with van der Waals surface area (Å²) >= 11 is 7.32. The average molecular weight is 310 g/mol. The zero-order valence-corrected chi connectivity index (χ0v) is 13.4. The Balaban J connectivity index is 2.58. The van der Waals surface area contributed by atoms with Crippen molar-refractivity contribution in [1.82, 2.24) is 4.98 Å². The minimum absolute atomic E-state index is 0.296. The first kappa shape index (κ1) is 15.0. The third-order valence-electron chi connectivity index (χ3n) is 2.95. The van der Waals surface area contributed by atoms with E-state index in [2.05, 4.69) is 4.98 Å². The van der Waals surface area contributed by atoms with Crippen molar-refractivity contribution in [2.45, 2.75) is 33.1 Å². The summed E-state index contributed by atoms with van der Waals surface area (Å²) in [5.41, 5.74) is 2.14. The van der Waals surface area contributed by atoms with Crippen LogP contribution in [0.15, 0.2) is 18.2 Å². The van der Waals surface area contributed by atoms with Crippen LogP contribution in [0, 0.1) is 6.92 Å². The zero-order valence-electron chi connectivity index (χ0n) is 11.8. The van der Waals surface area contributed by atoms with Gasteiger partial charge in [0.25, 0.3) is 0 Å². The quantitative estimate of drug-likeness (QED) is 0.869. The average Bonchev–Trinajstić information content (AvgIpc) is 2.77. The van der Waals surface area contributed by atoms with Crippen molar-refractivity contribution >= 4 is 28.9 Å². The zero-order chi connectivity index (χ0) is 15.1. The lowest BCUT2D eigenvalue weighted by Gasteiger charge is -2.16. The van der Waals surface area contributed by atoms with Gasteiger partial charge in [-0.25, -0.2) is 9.78 Å². The predicted octanol–water partition coefficient (Wildman–Crippen LogP) is 4.77. The highest BCUT2D eigenvalue weighted by Crippen LogP contribution is 2.35. The van der Waals surface area contributed by atoms with E-state index in [4.69, 9.17) is 11.6 Å². The van der Waals surface area contributed by atoms with Crippen LogP contribution in [0.1, 0.15) is 41.7 Å². The van der Waals surface area contributed by atoms with Gasteiger partial charge < -0.3 is 5.11 Å². The molecule has 0 unspecified atom stereocenters. The summed E-state index contributed by atoms with van der Waals surface area (Å²) in [4.78, 5) is 16.2. The molecule has 1 N–H and O–H groups in total. The Bertz CT molecular complexity index is 671. The normalized spacial score (nSPS) is 11.7. The fourth-order valence-corrected chi connectivity index (χ4v) is 3.11. The van der Waals surface area contributed by atoms with E-state index in [1.165, 1.54) is 11.3 Å². The standard InChI is InChI=1S/C15H16ClNO2S/c1-8-5-6-9(7-10(8)16)13-17-12(15(2,3)4)11(20-13)14(18)19/h5-7H,1-4H3,(H,18,19). The Kier molecular flexibility index (Phi) is 3.89. The number of carboxylic acid groups (broad SMARTS) is 1. The van der Waals surface area contributed by atoms with Crippen molar-refractivity contribution in [1.29, 1.82) is 0 Å². The summed E-state index contributed by atoms with van der Waals surface area (Å²) in [6.07, 6.45) is 0. The molecule has 3 nitrogen and oxygen atoms in total. The second-order valence-corrected chi connectivity index (χ2v) is 7.12. The van der Waals surface area contributed by atoms with Crippen LogP contribution in [-0.2, 0) is 5.41 Å². The number of benzene rings is 1. The molecule has 0 saturated carbocycles. The highest BCUT2D eigenvalue weighted by molar-refractivity contribution is 7.17. The molecule has 1 aromatic heterocycles. The third kappa shape index (κ3) is 2.86. The summed E-state index contributed by atoms with van der Waals surface area (Å²) in [6, 6.07) is 5.65. The lowest BCUT2D eigenvalue weighted by Crippen LogP contribution is -2.16. The SMILES string of the molecule is Cc1ccc(-c2nc(C(C)(C)C)c(C(=O)O)s2)cc1Cl. The van der Waals surface area contributed by atoms with Crippen LogP contribution in [-0.4, -0.2) is 16.1 Å². The molecule has 2 rings (SSSR count). The number of rotatable bonds is 2. The number of hydrogen-bond donors (Lipinski definition) is 1. The van der Waals surface area contributed by atoms with Crippen LogP contribution in [0.5, 0.6) is 0 Å². The number of carboxylic acids is 1. The predicted molar refractivity (Wildman–Crippen MR) is 83.0 cm³/mol. The largest absolute Gasteiger partial charge is 0.477 e. The first-order valence-electron chi connectivity index (χ1n) is 6.21. The molecule has 0 bridgehead atoms. The minimum atomic E-state index is -0.933. The second-order valence-electron chi connectivity index (χ2n) is 5.72. The molecule has 0 saturated heterocycles. The van der Waals surface area contributed by atoms with Gasteiger partial charge >= 0.3 is 5.97 Å².